The average molecular weight is 401 g/mol. The highest BCUT2D eigenvalue weighted by Gasteiger charge is 2.33. The molecule has 0 fully saturated rings. The molecule has 0 bridgehead atoms. The van der Waals surface area contributed by atoms with Gasteiger partial charge in [-0.15, -0.1) is 0 Å². The largest absolute Gasteiger partial charge is 0.484 e. The van der Waals surface area contributed by atoms with Crippen LogP contribution in [0.15, 0.2) is 48.5 Å². The predicted molar refractivity (Wildman–Crippen MR) is 94.7 cm³/mol. The summed E-state index contributed by atoms with van der Waals surface area (Å²) < 4.78 is 44.1. The fourth-order valence-electron chi connectivity index (χ4n) is 2.14. The summed E-state index contributed by atoms with van der Waals surface area (Å²) >= 11 is 5.81. The number of carbonyl (C=O) groups is 2. The first-order chi connectivity index (χ1) is 12.7. The number of benzene rings is 2. The van der Waals surface area contributed by atoms with Gasteiger partial charge in [0.05, 0.1) is 17.8 Å². The molecule has 27 heavy (non-hydrogen) atoms. The van der Waals surface area contributed by atoms with Crippen molar-refractivity contribution in [3.05, 3.63) is 59.1 Å². The molecule has 2 rings (SSSR count). The van der Waals surface area contributed by atoms with Crippen molar-refractivity contribution in [2.45, 2.75) is 6.18 Å². The standard InChI is InChI=1S/C18H16ClF3N2O3/c1-24(17(26)11-27-13-6-4-5-12(19)9-13)10-16(25)23-15-8-3-2-7-14(15)18(20,21)22/h2-9H,10-11H2,1H3,(H,23,25). The van der Waals surface area contributed by atoms with E-state index in [-0.39, 0.29) is 12.3 Å². The molecule has 0 saturated carbocycles. The van der Waals surface area contributed by atoms with E-state index < -0.39 is 30.1 Å². The Hall–Kier alpha value is -2.74. The number of likely N-dealkylation sites (N-methyl/N-ethyl adjacent to an activating group) is 1. The highest BCUT2D eigenvalue weighted by molar-refractivity contribution is 6.30. The van der Waals surface area contributed by atoms with Crippen molar-refractivity contribution < 1.29 is 27.5 Å². The lowest BCUT2D eigenvalue weighted by atomic mass is 10.1. The SMILES string of the molecule is CN(CC(=O)Nc1ccccc1C(F)(F)F)C(=O)COc1cccc(Cl)c1. The number of anilines is 1. The van der Waals surface area contributed by atoms with E-state index in [1.165, 1.54) is 25.2 Å². The molecule has 0 aliphatic heterocycles. The van der Waals surface area contributed by atoms with Gasteiger partial charge in [0.1, 0.15) is 5.75 Å². The Balaban J connectivity index is 1.91. The van der Waals surface area contributed by atoms with Gasteiger partial charge in [-0.05, 0) is 30.3 Å². The third kappa shape index (κ3) is 6.18. The van der Waals surface area contributed by atoms with E-state index in [2.05, 4.69) is 5.32 Å². The van der Waals surface area contributed by atoms with Crippen molar-refractivity contribution in [2.24, 2.45) is 0 Å². The predicted octanol–water partition coefficient (Wildman–Crippen LogP) is 3.83. The van der Waals surface area contributed by atoms with Gasteiger partial charge in [0.25, 0.3) is 5.91 Å². The van der Waals surface area contributed by atoms with E-state index in [1.54, 1.807) is 18.2 Å². The number of hydrogen-bond acceptors (Lipinski definition) is 3. The zero-order chi connectivity index (χ0) is 20.0. The Bertz CT molecular complexity index is 827. The molecule has 5 nitrogen and oxygen atoms in total. The number of ether oxygens (including phenoxy) is 1. The van der Waals surface area contributed by atoms with Gasteiger partial charge in [-0.3, -0.25) is 9.59 Å². The van der Waals surface area contributed by atoms with E-state index in [1.807, 2.05) is 0 Å². The molecule has 0 aromatic heterocycles. The lowest BCUT2D eigenvalue weighted by Gasteiger charge is -2.18. The smallest absolute Gasteiger partial charge is 0.418 e. The van der Waals surface area contributed by atoms with E-state index in [0.29, 0.717) is 10.8 Å². The van der Waals surface area contributed by atoms with Gasteiger partial charge < -0.3 is 15.0 Å². The first-order valence-corrected chi connectivity index (χ1v) is 8.13. The molecule has 2 aromatic rings. The molecule has 0 radical (unpaired) electrons. The van der Waals surface area contributed by atoms with Crippen molar-refractivity contribution in [1.29, 1.82) is 0 Å². The fourth-order valence-corrected chi connectivity index (χ4v) is 2.32. The van der Waals surface area contributed by atoms with Crippen LogP contribution in [0, 0.1) is 0 Å². The number of halogens is 4. The normalized spacial score (nSPS) is 11.0. The van der Waals surface area contributed by atoms with Gasteiger partial charge in [0.15, 0.2) is 6.61 Å². The summed E-state index contributed by atoms with van der Waals surface area (Å²) in [5.74, 6) is -0.896. The van der Waals surface area contributed by atoms with Gasteiger partial charge in [0.2, 0.25) is 5.91 Å². The molecule has 1 N–H and O–H groups in total. The van der Waals surface area contributed by atoms with Crippen LogP contribution in [0.3, 0.4) is 0 Å². The molecule has 9 heteroatoms. The summed E-state index contributed by atoms with van der Waals surface area (Å²) in [6.45, 7) is -0.771. The molecule has 2 aromatic carbocycles. The van der Waals surface area contributed by atoms with Crippen LogP contribution in [0.2, 0.25) is 5.02 Å². The third-order valence-corrected chi connectivity index (χ3v) is 3.71. The Morgan fingerprint density at radius 1 is 1.15 bits per heavy atom. The number of rotatable bonds is 6. The van der Waals surface area contributed by atoms with Crippen molar-refractivity contribution in [2.75, 3.05) is 25.5 Å². The van der Waals surface area contributed by atoms with E-state index in [0.717, 1.165) is 17.0 Å². The number of para-hydroxylation sites is 1. The highest BCUT2D eigenvalue weighted by Crippen LogP contribution is 2.34. The minimum absolute atomic E-state index is 0.344. The number of nitrogens with zero attached hydrogens (tertiary/aromatic N) is 1. The van der Waals surface area contributed by atoms with Gasteiger partial charge in [-0.1, -0.05) is 29.8 Å². The molecular formula is C18H16ClF3N2O3. The minimum Gasteiger partial charge on any atom is -0.484 e. The first-order valence-electron chi connectivity index (χ1n) is 7.75. The molecule has 0 atom stereocenters. The monoisotopic (exact) mass is 400 g/mol. The van der Waals surface area contributed by atoms with Crippen LogP contribution in [0.25, 0.3) is 0 Å². The zero-order valence-electron chi connectivity index (χ0n) is 14.2. The second kappa shape index (κ2) is 8.77. The molecule has 144 valence electrons. The van der Waals surface area contributed by atoms with Crippen LogP contribution in [-0.4, -0.2) is 36.9 Å². The van der Waals surface area contributed by atoms with Crippen molar-refractivity contribution in [1.82, 2.24) is 4.90 Å². The average Bonchev–Trinajstić information content (AvgIpc) is 2.59. The zero-order valence-corrected chi connectivity index (χ0v) is 15.0. The van der Waals surface area contributed by atoms with Crippen LogP contribution >= 0.6 is 11.6 Å². The van der Waals surface area contributed by atoms with E-state index >= 15 is 0 Å². The molecular weight excluding hydrogens is 385 g/mol. The van der Waals surface area contributed by atoms with Crippen molar-refractivity contribution in [3.63, 3.8) is 0 Å². The van der Waals surface area contributed by atoms with E-state index in [9.17, 15) is 22.8 Å². The molecule has 0 aliphatic rings. The summed E-state index contributed by atoms with van der Waals surface area (Å²) in [7, 11) is 1.35. The number of amides is 2. The fraction of sp³-hybridized carbons (Fsp3) is 0.222. The van der Waals surface area contributed by atoms with Crippen LogP contribution in [-0.2, 0) is 15.8 Å². The molecule has 0 saturated heterocycles. The topological polar surface area (TPSA) is 58.6 Å². The van der Waals surface area contributed by atoms with Crippen molar-refractivity contribution >= 4 is 29.1 Å². The second-order valence-electron chi connectivity index (χ2n) is 5.59. The second-order valence-corrected chi connectivity index (χ2v) is 6.02. The number of nitrogens with one attached hydrogen (secondary N) is 1. The highest BCUT2D eigenvalue weighted by atomic mass is 35.5. The number of carbonyl (C=O) groups excluding carboxylic acids is 2. The molecule has 2 amide bonds. The lowest BCUT2D eigenvalue weighted by molar-refractivity contribution is -0.137. The summed E-state index contributed by atoms with van der Waals surface area (Å²) in [6, 6.07) is 11.0. The summed E-state index contributed by atoms with van der Waals surface area (Å²) in [6.07, 6.45) is -4.60. The minimum atomic E-state index is -4.60. The van der Waals surface area contributed by atoms with E-state index in [4.69, 9.17) is 16.3 Å². The lowest BCUT2D eigenvalue weighted by Crippen LogP contribution is -2.37. The third-order valence-electron chi connectivity index (χ3n) is 3.47. The summed E-state index contributed by atoms with van der Waals surface area (Å²) in [5.41, 5.74) is -1.33. The Morgan fingerprint density at radius 3 is 2.52 bits per heavy atom. The Kier molecular flexibility index (Phi) is 6.68. The number of hydrogen-bond donors (Lipinski definition) is 1. The van der Waals surface area contributed by atoms with Crippen LogP contribution in [0.5, 0.6) is 5.75 Å². The molecule has 0 aliphatic carbocycles. The molecule has 0 spiro atoms. The Morgan fingerprint density at radius 2 is 1.85 bits per heavy atom. The van der Waals surface area contributed by atoms with Gasteiger partial charge >= 0.3 is 6.18 Å². The van der Waals surface area contributed by atoms with Crippen LogP contribution < -0.4 is 10.1 Å². The van der Waals surface area contributed by atoms with Gasteiger partial charge in [0, 0.05) is 12.1 Å². The van der Waals surface area contributed by atoms with Gasteiger partial charge in [-0.25, -0.2) is 0 Å². The summed E-state index contributed by atoms with van der Waals surface area (Å²) in [4.78, 5) is 25.1. The number of alkyl halides is 3. The maximum atomic E-state index is 12.9. The maximum absolute atomic E-state index is 12.9. The Labute approximate surface area is 158 Å². The summed E-state index contributed by atoms with van der Waals surface area (Å²) in [5, 5.41) is 2.61. The van der Waals surface area contributed by atoms with Crippen molar-refractivity contribution in [3.8, 4) is 5.75 Å². The first kappa shape index (κ1) is 20.6. The quantitative estimate of drug-likeness (QED) is 0.801. The molecule has 0 heterocycles. The maximum Gasteiger partial charge on any atom is 0.418 e. The van der Waals surface area contributed by atoms with Crippen LogP contribution in [0.4, 0.5) is 18.9 Å². The molecule has 0 unspecified atom stereocenters. The van der Waals surface area contributed by atoms with Gasteiger partial charge in [-0.2, -0.15) is 13.2 Å². The van der Waals surface area contributed by atoms with Crippen LogP contribution in [0.1, 0.15) is 5.56 Å².